The van der Waals surface area contributed by atoms with E-state index in [1.54, 1.807) is 0 Å². The molecule has 1 nitrogen and oxygen atoms in total. The van der Waals surface area contributed by atoms with Crippen molar-refractivity contribution in [1.82, 2.24) is 5.32 Å². The van der Waals surface area contributed by atoms with Crippen LogP contribution in [-0.4, -0.2) is 17.0 Å². The van der Waals surface area contributed by atoms with Gasteiger partial charge in [-0.3, -0.25) is 0 Å². The second-order valence-electron chi connectivity index (χ2n) is 4.45. The summed E-state index contributed by atoms with van der Waals surface area (Å²) in [6, 6.07) is 11.4. The van der Waals surface area contributed by atoms with Gasteiger partial charge in [-0.25, -0.2) is 0 Å². The molecule has 1 aromatic rings. The fraction of sp³-hybridized carbons (Fsp3) is 0.571. The number of hydrogen-bond donors (Lipinski definition) is 1. The average molecular weight is 235 g/mol. The highest BCUT2D eigenvalue weighted by Crippen LogP contribution is 2.29. The molecule has 0 aromatic heterocycles. The molecule has 0 saturated heterocycles. The first kappa shape index (κ1) is 12.0. The molecular formula is C14H21NS. The second kappa shape index (κ2) is 6.31. The first-order valence-corrected chi connectivity index (χ1v) is 7.32. The third kappa shape index (κ3) is 3.53. The third-order valence-electron chi connectivity index (χ3n) is 3.22. The molecule has 1 aromatic carbocycles. The molecule has 0 spiro atoms. The Morgan fingerprint density at radius 2 is 2.06 bits per heavy atom. The van der Waals surface area contributed by atoms with Crippen molar-refractivity contribution in [3.8, 4) is 0 Å². The SMILES string of the molecule is CCSC1CCC(NCc2ccccc2)C1. The van der Waals surface area contributed by atoms with Crippen molar-refractivity contribution in [2.24, 2.45) is 0 Å². The summed E-state index contributed by atoms with van der Waals surface area (Å²) in [7, 11) is 0. The Morgan fingerprint density at radius 1 is 1.25 bits per heavy atom. The van der Waals surface area contributed by atoms with Gasteiger partial charge in [-0.2, -0.15) is 11.8 Å². The van der Waals surface area contributed by atoms with Crippen LogP contribution in [0, 0.1) is 0 Å². The van der Waals surface area contributed by atoms with E-state index in [9.17, 15) is 0 Å². The van der Waals surface area contributed by atoms with Gasteiger partial charge in [0.2, 0.25) is 0 Å². The maximum Gasteiger partial charge on any atom is 0.0208 e. The molecule has 1 saturated carbocycles. The van der Waals surface area contributed by atoms with Gasteiger partial charge >= 0.3 is 0 Å². The molecule has 0 bridgehead atoms. The molecule has 2 atom stereocenters. The van der Waals surface area contributed by atoms with Crippen molar-refractivity contribution in [2.75, 3.05) is 5.75 Å². The summed E-state index contributed by atoms with van der Waals surface area (Å²) in [6.07, 6.45) is 4.10. The molecule has 0 radical (unpaired) electrons. The summed E-state index contributed by atoms with van der Waals surface area (Å²) >= 11 is 2.12. The van der Waals surface area contributed by atoms with Crippen LogP contribution < -0.4 is 5.32 Å². The largest absolute Gasteiger partial charge is 0.310 e. The van der Waals surface area contributed by atoms with Gasteiger partial charge in [0.25, 0.3) is 0 Å². The van der Waals surface area contributed by atoms with Gasteiger partial charge in [-0.15, -0.1) is 0 Å². The highest BCUT2D eigenvalue weighted by Gasteiger charge is 2.23. The molecule has 1 N–H and O–H groups in total. The fourth-order valence-corrected chi connectivity index (χ4v) is 3.51. The van der Waals surface area contributed by atoms with Gasteiger partial charge in [0.15, 0.2) is 0 Å². The molecule has 1 aliphatic rings. The third-order valence-corrected chi connectivity index (χ3v) is 4.46. The fourth-order valence-electron chi connectivity index (χ4n) is 2.37. The number of hydrogen-bond acceptors (Lipinski definition) is 2. The van der Waals surface area contributed by atoms with Gasteiger partial charge in [-0.05, 0) is 30.6 Å². The molecule has 0 aliphatic heterocycles. The van der Waals surface area contributed by atoms with E-state index in [4.69, 9.17) is 0 Å². The van der Waals surface area contributed by atoms with Gasteiger partial charge in [-0.1, -0.05) is 37.3 Å². The lowest BCUT2D eigenvalue weighted by atomic mass is 10.2. The normalized spacial score (nSPS) is 24.8. The Balaban J connectivity index is 1.72. The molecule has 0 heterocycles. The lowest BCUT2D eigenvalue weighted by Crippen LogP contribution is -2.26. The number of rotatable bonds is 5. The lowest BCUT2D eigenvalue weighted by Gasteiger charge is -2.12. The molecule has 88 valence electrons. The van der Waals surface area contributed by atoms with Crippen LogP contribution in [0.3, 0.4) is 0 Å². The second-order valence-corrected chi connectivity index (χ2v) is 6.03. The zero-order valence-corrected chi connectivity index (χ0v) is 10.8. The summed E-state index contributed by atoms with van der Waals surface area (Å²) in [5.41, 5.74) is 1.40. The molecule has 2 unspecified atom stereocenters. The van der Waals surface area contributed by atoms with E-state index in [2.05, 4.69) is 54.3 Å². The minimum Gasteiger partial charge on any atom is -0.310 e. The van der Waals surface area contributed by atoms with Crippen LogP contribution in [0.4, 0.5) is 0 Å². The van der Waals surface area contributed by atoms with Crippen molar-refractivity contribution >= 4 is 11.8 Å². The maximum absolute atomic E-state index is 3.67. The zero-order valence-electron chi connectivity index (χ0n) is 9.99. The van der Waals surface area contributed by atoms with Crippen LogP contribution >= 0.6 is 11.8 Å². The van der Waals surface area contributed by atoms with Crippen molar-refractivity contribution in [3.05, 3.63) is 35.9 Å². The van der Waals surface area contributed by atoms with Crippen LogP contribution in [0.5, 0.6) is 0 Å². The Hall–Kier alpha value is -0.470. The monoisotopic (exact) mass is 235 g/mol. The van der Waals surface area contributed by atoms with Gasteiger partial charge in [0.05, 0.1) is 0 Å². The number of thioether (sulfide) groups is 1. The first-order chi connectivity index (χ1) is 7.88. The van der Waals surface area contributed by atoms with Crippen molar-refractivity contribution in [2.45, 2.75) is 44.0 Å². The minimum atomic E-state index is 0.740. The molecular weight excluding hydrogens is 214 g/mol. The van der Waals surface area contributed by atoms with Gasteiger partial charge in [0.1, 0.15) is 0 Å². The van der Waals surface area contributed by atoms with Crippen LogP contribution in [0.2, 0.25) is 0 Å². The zero-order chi connectivity index (χ0) is 11.2. The molecule has 1 fully saturated rings. The molecule has 2 rings (SSSR count). The smallest absolute Gasteiger partial charge is 0.0208 e. The van der Waals surface area contributed by atoms with Crippen LogP contribution in [0.1, 0.15) is 31.7 Å². The van der Waals surface area contributed by atoms with Crippen molar-refractivity contribution in [1.29, 1.82) is 0 Å². The van der Waals surface area contributed by atoms with E-state index in [0.717, 1.165) is 17.8 Å². The predicted octanol–water partition coefficient (Wildman–Crippen LogP) is 3.45. The molecule has 1 aliphatic carbocycles. The lowest BCUT2D eigenvalue weighted by molar-refractivity contribution is 0.525. The average Bonchev–Trinajstić information content (AvgIpc) is 2.76. The van der Waals surface area contributed by atoms with E-state index < -0.39 is 0 Å². The van der Waals surface area contributed by atoms with Crippen LogP contribution in [0.15, 0.2) is 30.3 Å². The summed E-state index contributed by atoms with van der Waals surface area (Å²) in [6.45, 7) is 3.28. The first-order valence-electron chi connectivity index (χ1n) is 6.27. The van der Waals surface area contributed by atoms with Gasteiger partial charge in [0, 0.05) is 17.8 Å². The summed E-state index contributed by atoms with van der Waals surface area (Å²) in [5, 5.41) is 4.57. The highest BCUT2D eigenvalue weighted by atomic mass is 32.2. The van der Waals surface area contributed by atoms with E-state index in [0.29, 0.717) is 0 Å². The van der Waals surface area contributed by atoms with Crippen LogP contribution in [-0.2, 0) is 6.54 Å². The minimum absolute atomic E-state index is 0.740. The van der Waals surface area contributed by atoms with E-state index in [1.165, 1.54) is 30.6 Å². The number of nitrogens with one attached hydrogen (secondary N) is 1. The van der Waals surface area contributed by atoms with E-state index in [1.807, 2.05) is 0 Å². The maximum atomic E-state index is 3.67. The van der Waals surface area contributed by atoms with Crippen molar-refractivity contribution in [3.63, 3.8) is 0 Å². The number of benzene rings is 1. The molecule has 0 amide bonds. The Morgan fingerprint density at radius 3 is 2.81 bits per heavy atom. The predicted molar refractivity (Wildman–Crippen MR) is 72.8 cm³/mol. The van der Waals surface area contributed by atoms with Crippen LogP contribution in [0.25, 0.3) is 0 Å². The topological polar surface area (TPSA) is 12.0 Å². The Labute approximate surface area is 103 Å². The Bertz CT molecular complexity index is 299. The molecule has 16 heavy (non-hydrogen) atoms. The summed E-state index contributed by atoms with van der Waals surface area (Å²) in [5.74, 6) is 1.26. The Kier molecular flexibility index (Phi) is 4.73. The van der Waals surface area contributed by atoms with E-state index >= 15 is 0 Å². The quantitative estimate of drug-likeness (QED) is 0.839. The summed E-state index contributed by atoms with van der Waals surface area (Å²) in [4.78, 5) is 0. The molecule has 2 heteroatoms. The van der Waals surface area contributed by atoms with Crippen molar-refractivity contribution < 1.29 is 0 Å². The standard InChI is InChI=1S/C14H21NS/c1-2-16-14-9-8-13(10-14)15-11-12-6-4-3-5-7-12/h3-7,13-15H,2,8-11H2,1H3. The van der Waals surface area contributed by atoms with E-state index in [-0.39, 0.29) is 0 Å². The summed E-state index contributed by atoms with van der Waals surface area (Å²) < 4.78 is 0. The highest BCUT2D eigenvalue weighted by molar-refractivity contribution is 7.99. The van der Waals surface area contributed by atoms with Gasteiger partial charge < -0.3 is 5.32 Å².